The Hall–Kier alpha value is -3.76. The van der Waals surface area contributed by atoms with Crippen LogP contribution in [0.5, 0.6) is 0 Å². The zero-order valence-corrected chi connectivity index (χ0v) is 26.2. The number of likely N-dealkylation sites (tertiary alicyclic amines) is 1. The Balaban J connectivity index is 1.23. The van der Waals surface area contributed by atoms with Gasteiger partial charge in [-0.1, -0.05) is 24.3 Å². The van der Waals surface area contributed by atoms with E-state index in [0.29, 0.717) is 11.1 Å². The number of amides is 2. The summed E-state index contributed by atoms with van der Waals surface area (Å²) in [5.74, 6) is 0.311. The fraction of sp³-hybridized carbons (Fsp3) is 0.529. The van der Waals surface area contributed by atoms with Crippen LogP contribution < -0.4 is 10.6 Å². The van der Waals surface area contributed by atoms with Crippen LogP contribution in [0.3, 0.4) is 0 Å². The summed E-state index contributed by atoms with van der Waals surface area (Å²) in [5, 5.41) is 0.825. The van der Waals surface area contributed by atoms with Crippen LogP contribution in [0, 0.1) is 5.41 Å². The van der Waals surface area contributed by atoms with E-state index < -0.39 is 11.5 Å². The average molecular weight is 601 g/mol. The molecule has 3 aliphatic rings. The van der Waals surface area contributed by atoms with Gasteiger partial charge in [-0.2, -0.15) is 0 Å². The van der Waals surface area contributed by atoms with Gasteiger partial charge in [-0.05, 0) is 80.7 Å². The smallest absolute Gasteiger partial charge is 0.410 e. The van der Waals surface area contributed by atoms with Gasteiger partial charge in [-0.15, -0.1) is 0 Å². The third-order valence-corrected chi connectivity index (χ3v) is 9.22. The van der Waals surface area contributed by atoms with Crippen molar-refractivity contribution in [1.82, 2.24) is 19.8 Å². The normalized spacial score (nSPS) is 19.3. The summed E-state index contributed by atoms with van der Waals surface area (Å²) >= 11 is 0. The summed E-state index contributed by atoms with van der Waals surface area (Å²) in [5.41, 5.74) is 9.58. The molecule has 6 rings (SSSR count). The fourth-order valence-corrected chi connectivity index (χ4v) is 6.87. The minimum absolute atomic E-state index is 0.0704. The first-order valence-electron chi connectivity index (χ1n) is 15.8. The highest BCUT2D eigenvalue weighted by Gasteiger charge is 2.41. The third kappa shape index (κ3) is 6.66. The first-order valence-corrected chi connectivity index (χ1v) is 15.8. The van der Waals surface area contributed by atoms with E-state index in [2.05, 4.69) is 45.1 Å². The number of hydrogen-bond donors (Lipinski definition) is 1. The van der Waals surface area contributed by atoms with Gasteiger partial charge in [0.05, 0.1) is 24.3 Å². The van der Waals surface area contributed by atoms with Crippen LogP contribution in [0.2, 0.25) is 0 Å². The van der Waals surface area contributed by atoms with Crippen molar-refractivity contribution in [3.8, 4) is 11.1 Å². The first-order chi connectivity index (χ1) is 21.1. The minimum atomic E-state index is -0.507. The van der Waals surface area contributed by atoms with E-state index in [4.69, 9.17) is 20.2 Å². The number of piperidine rings is 2. The number of morpholine rings is 1. The second-order valence-corrected chi connectivity index (χ2v) is 13.6. The number of primary amides is 1. The van der Waals surface area contributed by atoms with Gasteiger partial charge in [-0.3, -0.25) is 9.69 Å². The topological polar surface area (TPSA) is 114 Å². The van der Waals surface area contributed by atoms with E-state index in [1.807, 2.05) is 31.7 Å². The molecule has 3 fully saturated rings. The number of fused-ring (bicyclic) bond motifs is 1. The second kappa shape index (κ2) is 12.3. The number of nitrogens with two attached hydrogens (primary N) is 1. The van der Waals surface area contributed by atoms with Crippen molar-refractivity contribution in [2.75, 3.05) is 57.4 Å². The molecule has 10 nitrogen and oxygen atoms in total. The lowest BCUT2D eigenvalue weighted by molar-refractivity contribution is -0.000548. The first kappa shape index (κ1) is 30.3. The molecule has 2 N–H and O–H groups in total. The predicted molar refractivity (Wildman–Crippen MR) is 171 cm³/mol. The van der Waals surface area contributed by atoms with E-state index in [1.54, 1.807) is 0 Å². The van der Waals surface area contributed by atoms with Gasteiger partial charge >= 0.3 is 6.09 Å². The Morgan fingerprint density at radius 2 is 1.68 bits per heavy atom. The van der Waals surface area contributed by atoms with Crippen molar-refractivity contribution >= 4 is 28.7 Å². The molecule has 0 atom stereocenters. The number of rotatable bonds is 5. The zero-order chi connectivity index (χ0) is 30.9. The molecule has 0 radical (unpaired) electrons. The lowest BCUT2D eigenvalue weighted by Gasteiger charge is -2.48. The quantitative estimate of drug-likeness (QED) is 0.442. The highest BCUT2D eigenvalue weighted by atomic mass is 16.6. The molecular weight excluding hydrogens is 556 g/mol. The maximum absolute atomic E-state index is 12.8. The SMILES string of the molecule is CC(C)(C)OC(=O)N1CCCC2(CCN(c3ncnc4c(C(N)=O)cc(-c5ccc(CN6CCOCC6)cc5)cc34)CC2)C1. The van der Waals surface area contributed by atoms with E-state index in [9.17, 15) is 9.59 Å². The highest BCUT2D eigenvalue weighted by Crippen LogP contribution is 2.42. The van der Waals surface area contributed by atoms with Crippen LogP contribution in [0.15, 0.2) is 42.7 Å². The van der Waals surface area contributed by atoms with Crippen LogP contribution >= 0.6 is 0 Å². The van der Waals surface area contributed by atoms with E-state index in [-0.39, 0.29) is 11.5 Å². The van der Waals surface area contributed by atoms with Crippen molar-refractivity contribution in [3.63, 3.8) is 0 Å². The molecule has 0 aliphatic carbocycles. The van der Waals surface area contributed by atoms with Crippen LogP contribution in [0.25, 0.3) is 22.0 Å². The van der Waals surface area contributed by atoms with Gasteiger partial charge in [0.25, 0.3) is 5.91 Å². The molecule has 44 heavy (non-hydrogen) atoms. The van der Waals surface area contributed by atoms with Gasteiger partial charge in [0.2, 0.25) is 0 Å². The number of nitrogens with zero attached hydrogens (tertiary/aromatic N) is 5. The molecule has 1 aromatic heterocycles. The Kier molecular flexibility index (Phi) is 8.48. The molecule has 0 bridgehead atoms. The third-order valence-electron chi connectivity index (χ3n) is 9.22. The van der Waals surface area contributed by atoms with Gasteiger partial charge in [0.15, 0.2) is 0 Å². The standard InChI is InChI=1S/C34H44N6O4/c1-33(2,3)44-32(42)40-12-4-9-34(22-40)10-13-39(14-11-34)31-28-20-26(19-27(30(35)41)29(28)36-23-37-31)25-7-5-24(6-8-25)21-38-15-17-43-18-16-38/h5-8,19-20,23H,4,9-18,21-22H2,1-3H3,(H2,35,41). The van der Waals surface area contributed by atoms with Gasteiger partial charge < -0.3 is 25.0 Å². The van der Waals surface area contributed by atoms with Crippen molar-refractivity contribution in [2.45, 2.75) is 58.6 Å². The van der Waals surface area contributed by atoms with Crippen LogP contribution in [-0.4, -0.2) is 89.9 Å². The Morgan fingerprint density at radius 1 is 0.955 bits per heavy atom. The molecule has 0 unspecified atom stereocenters. The predicted octanol–water partition coefficient (Wildman–Crippen LogP) is 4.85. The number of carbonyl (C=O) groups excluding carboxylic acids is 2. The Bertz CT molecular complexity index is 1500. The zero-order valence-electron chi connectivity index (χ0n) is 26.2. The van der Waals surface area contributed by atoms with E-state index in [1.165, 1.54) is 11.9 Å². The summed E-state index contributed by atoms with van der Waals surface area (Å²) in [4.78, 5) is 41.3. The highest BCUT2D eigenvalue weighted by molar-refractivity contribution is 6.09. The number of benzene rings is 2. The van der Waals surface area contributed by atoms with Crippen LogP contribution in [0.1, 0.15) is 62.4 Å². The number of aromatic nitrogens is 2. The molecule has 3 aliphatic heterocycles. The summed E-state index contributed by atoms with van der Waals surface area (Å²) in [6.07, 6.45) is 5.28. The average Bonchev–Trinajstić information content (AvgIpc) is 3.01. The summed E-state index contributed by atoms with van der Waals surface area (Å²) in [7, 11) is 0. The number of anilines is 1. The monoisotopic (exact) mass is 600 g/mol. The Labute approximate surface area is 259 Å². The number of carbonyl (C=O) groups is 2. The second-order valence-electron chi connectivity index (χ2n) is 13.6. The summed E-state index contributed by atoms with van der Waals surface area (Å²) < 4.78 is 11.2. The molecule has 3 aromatic rings. The van der Waals surface area contributed by atoms with Crippen molar-refractivity contribution in [1.29, 1.82) is 0 Å². The number of ether oxygens (including phenoxy) is 2. The number of hydrogen-bond acceptors (Lipinski definition) is 8. The fourth-order valence-electron chi connectivity index (χ4n) is 6.87. The molecule has 3 saturated heterocycles. The molecule has 1 spiro atoms. The largest absolute Gasteiger partial charge is 0.444 e. The molecule has 10 heteroatoms. The maximum Gasteiger partial charge on any atom is 0.410 e. The van der Waals surface area contributed by atoms with Crippen LogP contribution in [0.4, 0.5) is 10.6 Å². The van der Waals surface area contributed by atoms with Gasteiger partial charge in [0, 0.05) is 51.2 Å². The van der Waals surface area contributed by atoms with Gasteiger partial charge in [0.1, 0.15) is 17.7 Å². The van der Waals surface area contributed by atoms with Crippen molar-refractivity contribution < 1.29 is 19.1 Å². The van der Waals surface area contributed by atoms with Crippen LogP contribution in [-0.2, 0) is 16.0 Å². The van der Waals surface area contributed by atoms with E-state index in [0.717, 1.165) is 107 Å². The molecule has 0 saturated carbocycles. The molecular formula is C34H44N6O4. The van der Waals surface area contributed by atoms with Gasteiger partial charge in [-0.25, -0.2) is 14.8 Å². The van der Waals surface area contributed by atoms with Crippen molar-refractivity contribution in [2.24, 2.45) is 11.1 Å². The lowest BCUT2D eigenvalue weighted by Crippen LogP contribution is -2.52. The molecule has 2 amide bonds. The maximum atomic E-state index is 12.8. The Morgan fingerprint density at radius 3 is 2.36 bits per heavy atom. The summed E-state index contributed by atoms with van der Waals surface area (Å²) in [6.45, 7) is 13.1. The molecule has 4 heterocycles. The lowest BCUT2D eigenvalue weighted by atomic mass is 9.72. The molecule has 234 valence electrons. The summed E-state index contributed by atoms with van der Waals surface area (Å²) in [6, 6.07) is 12.4. The molecule has 2 aromatic carbocycles. The van der Waals surface area contributed by atoms with Crippen molar-refractivity contribution in [3.05, 3.63) is 53.9 Å². The van der Waals surface area contributed by atoms with E-state index >= 15 is 0 Å². The minimum Gasteiger partial charge on any atom is -0.444 e.